The van der Waals surface area contributed by atoms with Crippen LogP contribution in [0.1, 0.15) is 45.4 Å². The van der Waals surface area contributed by atoms with Crippen LogP contribution < -0.4 is 10.6 Å². The lowest BCUT2D eigenvalue weighted by atomic mass is 9.84. The summed E-state index contributed by atoms with van der Waals surface area (Å²) in [5, 5.41) is 6.99. The zero-order valence-corrected chi connectivity index (χ0v) is 13.4. The first kappa shape index (κ1) is 14.6. The lowest BCUT2D eigenvalue weighted by Crippen LogP contribution is -2.53. The van der Waals surface area contributed by atoms with Crippen LogP contribution in [-0.4, -0.2) is 47.1 Å². The fraction of sp³-hybridized carbons (Fsp3) is 0.750. The molecule has 0 radical (unpaired) electrons. The van der Waals surface area contributed by atoms with Crippen molar-refractivity contribution in [2.45, 2.75) is 45.6 Å². The van der Waals surface area contributed by atoms with Crippen LogP contribution in [0.15, 0.2) is 6.07 Å². The van der Waals surface area contributed by atoms with Gasteiger partial charge in [-0.1, -0.05) is 13.8 Å². The summed E-state index contributed by atoms with van der Waals surface area (Å²) in [6.45, 7) is 11.0. The molecule has 116 valence electrons. The van der Waals surface area contributed by atoms with Gasteiger partial charge in [-0.25, -0.2) is 9.97 Å². The van der Waals surface area contributed by atoms with Gasteiger partial charge in [0.15, 0.2) is 0 Å². The molecular formula is C16H27N5. The highest BCUT2D eigenvalue weighted by atomic mass is 15.2. The summed E-state index contributed by atoms with van der Waals surface area (Å²) in [6.07, 6.45) is 2.64. The lowest BCUT2D eigenvalue weighted by molar-refractivity contribution is 0.0973. The predicted octanol–water partition coefficient (Wildman–Crippen LogP) is 2.54. The Labute approximate surface area is 127 Å². The number of hydrogen-bond donors (Lipinski definition) is 2. The van der Waals surface area contributed by atoms with E-state index < -0.39 is 0 Å². The Morgan fingerprint density at radius 2 is 1.95 bits per heavy atom. The smallest absolute Gasteiger partial charge is 0.135 e. The largest absolute Gasteiger partial charge is 0.370 e. The van der Waals surface area contributed by atoms with Crippen LogP contribution >= 0.6 is 0 Å². The minimum absolute atomic E-state index is 0.343. The molecule has 3 fully saturated rings. The predicted molar refractivity (Wildman–Crippen MR) is 86.9 cm³/mol. The van der Waals surface area contributed by atoms with Crippen molar-refractivity contribution in [3.8, 4) is 0 Å². The summed E-state index contributed by atoms with van der Waals surface area (Å²) in [5.41, 5.74) is 0. The summed E-state index contributed by atoms with van der Waals surface area (Å²) >= 11 is 0. The van der Waals surface area contributed by atoms with Gasteiger partial charge in [-0.2, -0.15) is 0 Å². The van der Waals surface area contributed by atoms with Crippen LogP contribution in [0.5, 0.6) is 0 Å². The van der Waals surface area contributed by atoms with Gasteiger partial charge in [0.25, 0.3) is 0 Å². The average Bonchev–Trinajstić information content (AvgIpc) is 2.48. The normalized spacial score (nSPS) is 27.9. The van der Waals surface area contributed by atoms with Gasteiger partial charge < -0.3 is 15.5 Å². The quantitative estimate of drug-likeness (QED) is 0.872. The van der Waals surface area contributed by atoms with Gasteiger partial charge in [-0.15, -0.1) is 0 Å². The number of fused-ring (bicyclic) bond motifs is 3. The first-order valence-electron chi connectivity index (χ1n) is 8.27. The fourth-order valence-corrected chi connectivity index (χ4v) is 3.39. The molecule has 1 aromatic heterocycles. The molecular weight excluding hydrogens is 262 g/mol. The maximum absolute atomic E-state index is 4.71. The van der Waals surface area contributed by atoms with Gasteiger partial charge in [0.2, 0.25) is 0 Å². The molecule has 5 nitrogen and oxygen atoms in total. The van der Waals surface area contributed by atoms with E-state index in [2.05, 4.69) is 41.3 Å². The van der Waals surface area contributed by atoms with E-state index in [9.17, 15) is 0 Å². The number of piperidine rings is 3. The van der Waals surface area contributed by atoms with Crippen molar-refractivity contribution in [2.75, 3.05) is 36.8 Å². The topological polar surface area (TPSA) is 53.1 Å². The number of rotatable bonds is 5. The summed E-state index contributed by atoms with van der Waals surface area (Å²) in [4.78, 5) is 11.9. The molecule has 1 atom stereocenters. The molecule has 4 rings (SSSR count). The second-order valence-corrected chi connectivity index (χ2v) is 6.57. The molecule has 0 amide bonds. The standard InChI is InChI=1S/C16H27N5/c1-4-17-14-9-15(20-16(19-14)11(2)3)18-13-10-21-7-5-12(13)6-8-21/h9,11-13H,4-8,10H2,1-3H3,(H2,17,18,19,20). The third-order valence-corrected chi connectivity index (χ3v) is 4.61. The highest BCUT2D eigenvalue weighted by Crippen LogP contribution is 2.30. The second-order valence-electron chi connectivity index (χ2n) is 6.57. The second kappa shape index (κ2) is 6.18. The van der Waals surface area contributed by atoms with E-state index in [0.717, 1.165) is 36.5 Å². The molecule has 1 aromatic rings. The average molecular weight is 289 g/mol. The third-order valence-electron chi connectivity index (χ3n) is 4.61. The molecule has 5 heteroatoms. The van der Waals surface area contributed by atoms with Gasteiger partial charge in [0.05, 0.1) is 0 Å². The summed E-state index contributed by atoms with van der Waals surface area (Å²) in [6, 6.07) is 2.59. The number of nitrogens with one attached hydrogen (secondary N) is 2. The molecule has 2 N–H and O–H groups in total. The number of aromatic nitrogens is 2. The first-order chi connectivity index (χ1) is 10.2. The highest BCUT2D eigenvalue weighted by Gasteiger charge is 2.34. The van der Waals surface area contributed by atoms with Crippen LogP contribution in [0.4, 0.5) is 11.6 Å². The van der Waals surface area contributed by atoms with Crippen LogP contribution in [0.2, 0.25) is 0 Å². The summed E-state index contributed by atoms with van der Waals surface area (Å²) in [5.74, 6) is 3.96. The monoisotopic (exact) mass is 289 g/mol. The van der Waals surface area contributed by atoms with Crippen LogP contribution in [0.3, 0.4) is 0 Å². The molecule has 0 aliphatic carbocycles. The van der Waals surface area contributed by atoms with Crippen molar-refractivity contribution in [2.24, 2.45) is 5.92 Å². The highest BCUT2D eigenvalue weighted by molar-refractivity contribution is 5.48. The van der Waals surface area contributed by atoms with Crippen molar-refractivity contribution in [1.29, 1.82) is 0 Å². The van der Waals surface area contributed by atoms with Crippen molar-refractivity contribution < 1.29 is 0 Å². The SMILES string of the molecule is CCNc1cc(NC2CN3CCC2CC3)nc(C(C)C)n1. The van der Waals surface area contributed by atoms with Gasteiger partial charge in [0.1, 0.15) is 17.5 Å². The lowest BCUT2D eigenvalue weighted by Gasteiger charge is -2.45. The number of nitrogens with zero attached hydrogens (tertiary/aromatic N) is 3. The van der Waals surface area contributed by atoms with E-state index in [-0.39, 0.29) is 0 Å². The molecule has 1 unspecified atom stereocenters. The molecule has 4 heterocycles. The van der Waals surface area contributed by atoms with Gasteiger partial charge in [-0.05, 0) is 38.8 Å². The Kier molecular flexibility index (Phi) is 4.29. The van der Waals surface area contributed by atoms with E-state index >= 15 is 0 Å². The zero-order valence-electron chi connectivity index (χ0n) is 13.4. The van der Waals surface area contributed by atoms with E-state index in [1.807, 2.05) is 6.07 Å². The maximum Gasteiger partial charge on any atom is 0.135 e. The fourth-order valence-electron chi connectivity index (χ4n) is 3.39. The van der Waals surface area contributed by atoms with E-state index in [0.29, 0.717) is 12.0 Å². The molecule has 0 aromatic carbocycles. The van der Waals surface area contributed by atoms with Crippen molar-refractivity contribution >= 4 is 11.6 Å². The minimum atomic E-state index is 0.343. The maximum atomic E-state index is 4.71. The Hall–Kier alpha value is -1.36. The Morgan fingerprint density at radius 1 is 1.24 bits per heavy atom. The van der Waals surface area contributed by atoms with E-state index in [1.165, 1.54) is 25.9 Å². The van der Waals surface area contributed by atoms with Crippen LogP contribution in [-0.2, 0) is 0 Å². The molecule has 2 bridgehead atoms. The third kappa shape index (κ3) is 3.28. The van der Waals surface area contributed by atoms with Gasteiger partial charge in [-0.3, -0.25) is 0 Å². The van der Waals surface area contributed by atoms with Crippen molar-refractivity contribution in [3.63, 3.8) is 0 Å². The van der Waals surface area contributed by atoms with Crippen molar-refractivity contribution in [1.82, 2.24) is 14.9 Å². The van der Waals surface area contributed by atoms with E-state index in [4.69, 9.17) is 4.98 Å². The Morgan fingerprint density at radius 3 is 2.52 bits per heavy atom. The summed E-state index contributed by atoms with van der Waals surface area (Å²) in [7, 11) is 0. The first-order valence-corrected chi connectivity index (χ1v) is 8.27. The molecule has 3 saturated heterocycles. The number of anilines is 2. The van der Waals surface area contributed by atoms with Crippen molar-refractivity contribution in [3.05, 3.63) is 11.9 Å². The molecule has 0 saturated carbocycles. The van der Waals surface area contributed by atoms with E-state index in [1.54, 1.807) is 0 Å². The van der Waals surface area contributed by atoms with Gasteiger partial charge in [0, 0.05) is 31.1 Å². The Bertz CT molecular complexity index is 480. The minimum Gasteiger partial charge on any atom is -0.370 e. The molecule has 0 spiro atoms. The Balaban J connectivity index is 1.77. The number of hydrogen-bond acceptors (Lipinski definition) is 5. The van der Waals surface area contributed by atoms with Crippen LogP contribution in [0, 0.1) is 5.92 Å². The zero-order chi connectivity index (χ0) is 14.8. The van der Waals surface area contributed by atoms with Crippen LogP contribution in [0.25, 0.3) is 0 Å². The molecule has 3 aliphatic heterocycles. The summed E-state index contributed by atoms with van der Waals surface area (Å²) < 4.78 is 0. The molecule has 3 aliphatic rings. The van der Waals surface area contributed by atoms with Gasteiger partial charge >= 0.3 is 0 Å². The molecule has 21 heavy (non-hydrogen) atoms.